The molecule has 0 saturated carbocycles. The molecule has 10 heteroatoms. The number of nitrogens with one attached hydrogen (secondary N) is 1. The third-order valence-corrected chi connectivity index (χ3v) is 6.05. The first kappa shape index (κ1) is 28.2. The molecule has 3 rings (SSSR count). The Labute approximate surface area is 217 Å². The van der Waals surface area contributed by atoms with E-state index in [1.165, 1.54) is 0 Å². The van der Waals surface area contributed by atoms with E-state index in [4.69, 9.17) is 14.4 Å². The van der Waals surface area contributed by atoms with E-state index in [-0.39, 0.29) is 13.2 Å². The number of aliphatic hydroxyl groups excluding tert-OH is 2. The highest BCUT2D eigenvalue weighted by Crippen LogP contribution is 2.31. The molecule has 0 saturated heterocycles. The number of pyridine rings is 1. The molecule has 0 aliphatic carbocycles. The van der Waals surface area contributed by atoms with Crippen LogP contribution in [0.4, 0.5) is 0 Å². The van der Waals surface area contributed by atoms with Gasteiger partial charge in [-0.1, -0.05) is 25.9 Å². The van der Waals surface area contributed by atoms with Gasteiger partial charge in [-0.3, -0.25) is 14.7 Å². The highest BCUT2D eigenvalue weighted by atomic mass is 16.5. The van der Waals surface area contributed by atoms with Crippen molar-refractivity contribution in [2.24, 2.45) is 0 Å². The Morgan fingerprint density at radius 3 is 2.54 bits per heavy atom. The number of nitrogens with zero attached hydrogens (tertiary/aromatic N) is 4. The lowest BCUT2D eigenvalue weighted by Gasteiger charge is -2.17. The van der Waals surface area contributed by atoms with E-state index in [1.807, 2.05) is 45.0 Å². The van der Waals surface area contributed by atoms with Crippen molar-refractivity contribution in [2.75, 3.05) is 32.8 Å². The van der Waals surface area contributed by atoms with Gasteiger partial charge in [-0.2, -0.15) is 4.98 Å². The van der Waals surface area contributed by atoms with Crippen LogP contribution in [0.2, 0.25) is 0 Å². The number of aryl methyl sites for hydroxylation is 3. The standard InChI is InChI=1S/C27H37N5O5/c1-6-19-11-20(9-17(4)25(19)36-16-23(34)13-28-24(35)15-33)26-30-27(37-31-26)21-10-18(5)29-22(12-21)14-32(7-2)8-3/h9-12,23,33-34H,6-8,13-16H2,1-5H3,(H,28,35)/t23-/m0/s1. The minimum Gasteiger partial charge on any atom is -0.490 e. The summed E-state index contributed by atoms with van der Waals surface area (Å²) in [5.74, 6) is 1.04. The molecule has 3 aromatic rings. The quantitative estimate of drug-likeness (QED) is 0.317. The van der Waals surface area contributed by atoms with Gasteiger partial charge in [0.2, 0.25) is 11.7 Å². The second kappa shape index (κ2) is 13.3. The lowest BCUT2D eigenvalue weighted by atomic mass is 10.0. The van der Waals surface area contributed by atoms with Gasteiger partial charge in [0.15, 0.2) is 0 Å². The van der Waals surface area contributed by atoms with Gasteiger partial charge in [-0.15, -0.1) is 0 Å². The first-order chi connectivity index (χ1) is 17.8. The smallest absolute Gasteiger partial charge is 0.258 e. The molecular formula is C27H37N5O5. The van der Waals surface area contributed by atoms with Crippen LogP contribution >= 0.6 is 0 Å². The maximum absolute atomic E-state index is 11.2. The molecule has 0 unspecified atom stereocenters. The Morgan fingerprint density at radius 2 is 1.86 bits per heavy atom. The van der Waals surface area contributed by atoms with E-state index < -0.39 is 18.6 Å². The lowest BCUT2D eigenvalue weighted by Crippen LogP contribution is -2.36. The molecule has 1 amide bonds. The molecule has 200 valence electrons. The fourth-order valence-corrected chi connectivity index (χ4v) is 4.05. The van der Waals surface area contributed by atoms with Crippen molar-refractivity contribution in [3.05, 3.63) is 46.8 Å². The fraction of sp³-hybridized carbons (Fsp3) is 0.481. The minimum atomic E-state index is -0.908. The van der Waals surface area contributed by atoms with Crippen molar-refractivity contribution in [2.45, 2.75) is 53.7 Å². The average Bonchev–Trinajstić information content (AvgIpc) is 3.39. The van der Waals surface area contributed by atoms with Gasteiger partial charge in [-0.05, 0) is 68.8 Å². The van der Waals surface area contributed by atoms with Gasteiger partial charge in [0.05, 0.1) is 5.69 Å². The van der Waals surface area contributed by atoms with E-state index >= 15 is 0 Å². The number of aliphatic hydroxyl groups is 2. The molecular weight excluding hydrogens is 474 g/mol. The van der Waals surface area contributed by atoms with Crippen LogP contribution in [0, 0.1) is 13.8 Å². The number of hydrogen-bond acceptors (Lipinski definition) is 9. The van der Waals surface area contributed by atoms with Crippen LogP contribution in [0.3, 0.4) is 0 Å². The van der Waals surface area contributed by atoms with Gasteiger partial charge in [0.1, 0.15) is 25.1 Å². The molecule has 0 bridgehead atoms. The summed E-state index contributed by atoms with van der Waals surface area (Å²) in [6.45, 7) is 12.2. The third kappa shape index (κ3) is 7.58. The summed E-state index contributed by atoms with van der Waals surface area (Å²) in [5.41, 5.74) is 5.30. The summed E-state index contributed by atoms with van der Waals surface area (Å²) in [6, 6.07) is 7.82. The number of carbonyl (C=O) groups excluding carboxylic acids is 1. The van der Waals surface area contributed by atoms with E-state index in [0.29, 0.717) is 23.9 Å². The molecule has 10 nitrogen and oxygen atoms in total. The number of aromatic nitrogens is 3. The second-order valence-corrected chi connectivity index (χ2v) is 8.94. The maximum atomic E-state index is 11.2. The topological polar surface area (TPSA) is 134 Å². The first-order valence-corrected chi connectivity index (χ1v) is 12.6. The zero-order chi connectivity index (χ0) is 26.9. The van der Waals surface area contributed by atoms with Gasteiger partial charge >= 0.3 is 0 Å². The van der Waals surface area contributed by atoms with Crippen LogP contribution in [0.25, 0.3) is 22.8 Å². The van der Waals surface area contributed by atoms with Crippen molar-refractivity contribution in [3.63, 3.8) is 0 Å². The van der Waals surface area contributed by atoms with Crippen molar-refractivity contribution in [1.82, 2.24) is 25.3 Å². The molecule has 1 aromatic carbocycles. The van der Waals surface area contributed by atoms with Crippen LogP contribution in [0.1, 0.15) is 43.3 Å². The Morgan fingerprint density at radius 1 is 1.11 bits per heavy atom. The van der Waals surface area contributed by atoms with Crippen molar-refractivity contribution in [3.8, 4) is 28.6 Å². The van der Waals surface area contributed by atoms with Crippen LogP contribution < -0.4 is 10.1 Å². The summed E-state index contributed by atoms with van der Waals surface area (Å²) < 4.78 is 11.5. The van der Waals surface area contributed by atoms with Crippen LogP contribution in [-0.2, 0) is 17.8 Å². The molecule has 0 aliphatic rings. The predicted octanol–water partition coefficient (Wildman–Crippen LogP) is 2.67. The lowest BCUT2D eigenvalue weighted by molar-refractivity contribution is -0.124. The Balaban J connectivity index is 1.79. The first-order valence-electron chi connectivity index (χ1n) is 12.6. The number of hydrogen-bond donors (Lipinski definition) is 3. The summed E-state index contributed by atoms with van der Waals surface area (Å²) in [5, 5.41) is 25.5. The number of ether oxygens (including phenoxy) is 1. The molecule has 0 aliphatic heterocycles. The second-order valence-electron chi connectivity index (χ2n) is 8.94. The number of benzene rings is 1. The van der Waals surface area contributed by atoms with Crippen molar-refractivity contribution in [1.29, 1.82) is 0 Å². The van der Waals surface area contributed by atoms with E-state index in [0.717, 1.165) is 53.3 Å². The third-order valence-electron chi connectivity index (χ3n) is 6.05. The normalized spacial score (nSPS) is 12.1. The van der Waals surface area contributed by atoms with E-state index in [2.05, 4.69) is 39.2 Å². The fourth-order valence-electron chi connectivity index (χ4n) is 4.05. The van der Waals surface area contributed by atoms with Crippen LogP contribution in [-0.4, -0.2) is 75.1 Å². The number of rotatable bonds is 13. The van der Waals surface area contributed by atoms with Gasteiger partial charge < -0.3 is 24.8 Å². The molecule has 1 atom stereocenters. The summed E-state index contributed by atoms with van der Waals surface area (Å²) >= 11 is 0. The molecule has 2 heterocycles. The van der Waals surface area contributed by atoms with Gasteiger partial charge in [0, 0.05) is 29.9 Å². The number of carbonyl (C=O) groups is 1. The van der Waals surface area contributed by atoms with Gasteiger partial charge in [0.25, 0.3) is 5.89 Å². The zero-order valence-corrected chi connectivity index (χ0v) is 22.2. The van der Waals surface area contributed by atoms with Gasteiger partial charge in [-0.25, -0.2) is 0 Å². The molecule has 2 aromatic heterocycles. The van der Waals surface area contributed by atoms with E-state index in [1.54, 1.807) is 0 Å². The Bertz CT molecular complexity index is 1190. The Kier molecular flexibility index (Phi) is 10.1. The average molecular weight is 512 g/mol. The highest BCUT2D eigenvalue weighted by molar-refractivity contribution is 5.76. The van der Waals surface area contributed by atoms with E-state index in [9.17, 15) is 9.90 Å². The summed E-state index contributed by atoms with van der Waals surface area (Å²) in [4.78, 5) is 22.8. The maximum Gasteiger partial charge on any atom is 0.258 e. The predicted molar refractivity (Wildman–Crippen MR) is 140 cm³/mol. The minimum absolute atomic E-state index is 0.00245. The van der Waals surface area contributed by atoms with Crippen molar-refractivity contribution < 1.29 is 24.3 Å². The highest BCUT2D eigenvalue weighted by Gasteiger charge is 2.17. The summed E-state index contributed by atoms with van der Waals surface area (Å²) in [6.07, 6.45) is -0.209. The molecule has 0 fully saturated rings. The Hall–Kier alpha value is -3.34. The molecule has 3 N–H and O–H groups in total. The van der Waals surface area contributed by atoms with Crippen molar-refractivity contribution >= 4 is 5.91 Å². The summed E-state index contributed by atoms with van der Waals surface area (Å²) in [7, 11) is 0. The SMILES string of the molecule is CCc1cc(-c2noc(-c3cc(C)nc(CN(CC)CC)c3)n2)cc(C)c1OC[C@@H](O)CNC(=O)CO. The monoisotopic (exact) mass is 511 g/mol. The number of amides is 1. The molecule has 37 heavy (non-hydrogen) atoms. The van der Waals surface area contributed by atoms with Crippen LogP contribution in [0.5, 0.6) is 5.75 Å². The van der Waals surface area contributed by atoms with Crippen LogP contribution in [0.15, 0.2) is 28.8 Å². The molecule has 0 radical (unpaired) electrons. The largest absolute Gasteiger partial charge is 0.490 e. The zero-order valence-electron chi connectivity index (χ0n) is 22.2. The molecule has 0 spiro atoms.